The largest absolute Gasteiger partial charge is 0.369 e. The maximum absolute atomic E-state index is 13.1. The molecular weight excluding hydrogens is 426 g/mol. The first-order valence-electron chi connectivity index (χ1n) is 9.65. The number of halogens is 1. The fraction of sp³-hybridized carbons (Fsp3) is 0.333. The molecule has 1 unspecified atom stereocenters. The Labute approximate surface area is 181 Å². The summed E-state index contributed by atoms with van der Waals surface area (Å²) in [5, 5.41) is 2.79. The van der Waals surface area contributed by atoms with Crippen LogP contribution in [0, 0.1) is 5.92 Å². The molecule has 1 fully saturated rings. The van der Waals surface area contributed by atoms with Gasteiger partial charge in [0, 0.05) is 24.3 Å². The molecule has 1 aliphatic rings. The molecule has 2 amide bonds. The second-order valence-electron chi connectivity index (χ2n) is 7.51. The minimum atomic E-state index is -3.82. The smallest absolute Gasteiger partial charge is 0.255 e. The molecule has 2 aromatic carbocycles. The van der Waals surface area contributed by atoms with Gasteiger partial charge in [-0.3, -0.25) is 9.59 Å². The number of carbonyl (C=O) groups is 2. The Balaban J connectivity index is 1.88. The lowest BCUT2D eigenvalue weighted by molar-refractivity contribution is -0.117. The van der Waals surface area contributed by atoms with Crippen molar-refractivity contribution >= 4 is 39.1 Å². The van der Waals surface area contributed by atoms with Crippen molar-refractivity contribution in [2.75, 3.05) is 18.4 Å². The molecule has 1 atom stereocenters. The molecular formula is C21H24ClN3O4S. The number of nitrogens with two attached hydrogens (primary N) is 1. The number of hydrogen-bond donors (Lipinski definition) is 2. The van der Waals surface area contributed by atoms with Gasteiger partial charge in [-0.2, -0.15) is 4.31 Å². The van der Waals surface area contributed by atoms with Crippen LogP contribution >= 0.6 is 11.6 Å². The number of nitrogens with one attached hydrogen (secondary N) is 1. The van der Waals surface area contributed by atoms with E-state index >= 15 is 0 Å². The van der Waals surface area contributed by atoms with Crippen LogP contribution in [0.5, 0.6) is 0 Å². The number of benzene rings is 2. The molecule has 160 valence electrons. The van der Waals surface area contributed by atoms with Crippen molar-refractivity contribution in [3.63, 3.8) is 0 Å². The van der Waals surface area contributed by atoms with Gasteiger partial charge in [0.15, 0.2) is 0 Å². The molecule has 2 aromatic rings. The molecule has 3 N–H and O–H groups in total. The van der Waals surface area contributed by atoms with Crippen LogP contribution in [0.3, 0.4) is 0 Å². The quantitative estimate of drug-likeness (QED) is 0.706. The fourth-order valence-electron chi connectivity index (χ4n) is 3.52. The number of piperidine rings is 1. The number of carbonyl (C=O) groups excluding carboxylic acids is 2. The molecule has 9 heteroatoms. The summed E-state index contributed by atoms with van der Waals surface area (Å²) in [5.41, 5.74) is 6.42. The molecule has 0 aliphatic carbocycles. The van der Waals surface area contributed by atoms with Crippen LogP contribution in [0.15, 0.2) is 47.4 Å². The average molecular weight is 450 g/mol. The summed E-state index contributed by atoms with van der Waals surface area (Å²) < 4.78 is 27.7. The van der Waals surface area contributed by atoms with E-state index in [4.69, 9.17) is 17.3 Å². The minimum Gasteiger partial charge on any atom is -0.369 e. The number of nitrogens with zero attached hydrogens (tertiary/aromatic N) is 1. The van der Waals surface area contributed by atoms with Crippen LogP contribution in [0.4, 0.5) is 5.69 Å². The van der Waals surface area contributed by atoms with E-state index < -0.39 is 21.8 Å². The van der Waals surface area contributed by atoms with E-state index in [2.05, 4.69) is 5.32 Å². The van der Waals surface area contributed by atoms with Crippen molar-refractivity contribution in [2.24, 2.45) is 11.7 Å². The first-order chi connectivity index (χ1) is 14.2. The Morgan fingerprint density at radius 1 is 1.23 bits per heavy atom. The fourth-order valence-corrected chi connectivity index (χ4v) is 5.62. The molecule has 0 radical (unpaired) electrons. The van der Waals surface area contributed by atoms with Crippen LogP contribution in [0.25, 0.3) is 0 Å². The molecule has 0 saturated carbocycles. The molecule has 7 nitrogen and oxygen atoms in total. The maximum atomic E-state index is 13.1. The molecule has 3 rings (SSSR count). The van der Waals surface area contributed by atoms with Gasteiger partial charge in [-0.05, 0) is 48.6 Å². The highest BCUT2D eigenvalue weighted by atomic mass is 35.5. The highest BCUT2D eigenvalue weighted by Gasteiger charge is 2.31. The van der Waals surface area contributed by atoms with Gasteiger partial charge >= 0.3 is 0 Å². The highest BCUT2D eigenvalue weighted by Crippen LogP contribution is 2.29. The van der Waals surface area contributed by atoms with E-state index in [0.29, 0.717) is 24.3 Å². The van der Waals surface area contributed by atoms with Gasteiger partial charge < -0.3 is 11.1 Å². The number of amides is 2. The molecule has 30 heavy (non-hydrogen) atoms. The highest BCUT2D eigenvalue weighted by molar-refractivity contribution is 7.89. The summed E-state index contributed by atoms with van der Waals surface area (Å²) in [6, 6.07) is 11.0. The second-order valence-corrected chi connectivity index (χ2v) is 9.82. The van der Waals surface area contributed by atoms with Crippen LogP contribution in [0.2, 0.25) is 5.02 Å². The summed E-state index contributed by atoms with van der Waals surface area (Å²) in [6.07, 6.45) is 1.74. The zero-order valence-corrected chi connectivity index (χ0v) is 18.2. The number of para-hydroxylation sites is 1. The van der Waals surface area contributed by atoms with Gasteiger partial charge in [0.2, 0.25) is 15.9 Å². The Morgan fingerprint density at radius 2 is 1.97 bits per heavy atom. The van der Waals surface area contributed by atoms with Crippen molar-refractivity contribution in [1.82, 2.24) is 4.31 Å². The number of primary amides is 1. The first-order valence-corrected chi connectivity index (χ1v) is 11.5. The third kappa shape index (κ3) is 5.00. The normalized spacial score (nSPS) is 17.5. The van der Waals surface area contributed by atoms with Crippen LogP contribution < -0.4 is 11.1 Å². The van der Waals surface area contributed by atoms with Gasteiger partial charge in [-0.1, -0.05) is 36.7 Å². The molecule has 0 bridgehead atoms. The lowest BCUT2D eigenvalue weighted by Gasteiger charge is -2.30. The van der Waals surface area contributed by atoms with E-state index in [9.17, 15) is 18.0 Å². The van der Waals surface area contributed by atoms with Crippen molar-refractivity contribution in [2.45, 2.75) is 31.1 Å². The number of hydrogen-bond acceptors (Lipinski definition) is 4. The molecule has 1 saturated heterocycles. The number of anilines is 1. The predicted octanol–water partition coefficient (Wildman–Crippen LogP) is 3.04. The van der Waals surface area contributed by atoms with Gasteiger partial charge in [-0.25, -0.2) is 8.42 Å². The zero-order valence-electron chi connectivity index (χ0n) is 16.6. The molecule has 1 heterocycles. The Morgan fingerprint density at radius 3 is 2.67 bits per heavy atom. The van der Waals surface area contributed by atoms with Crippen molar-refractivity contribution in [3.05, 3.63) is 58.6 Å². The van der Waals surface area contributed by atoms with Gasteiger partial charge in [-0.15, -0.1) is 0 Å². The first kappa shape index (κ1) is 22.3. The monoisotopic (exact) mass is 449 g/mol. The SMILES string of the molecule is CC1CCCN(S(=O)(=O)c2cc(C(=O)Nc3ccccc3CC(N)=O)ccc2Cl)C1. The average Bonchev–Trinajstić information content (AvgIpc) is 2.69. The lowest BCUT2D eigenvalue weighted by Crippen LogP contribution is -2.39. The Hall–Kier alpha value is -2.42. The Kier molecular flexibility index (Phi) is 6.80. The van der Waals surface area contributed by atoms with Crippen molar-refractivity contribution in [3.8, 4) is 0 Å². The van der Waals surface area contributed by atoms with Crippen LogP contribution in [-0.2, 0) is 21.2 Å². The van der Waals surface area contributed by atoms with E-state index in [1.165, 1.54) is 22.5 Å². The molecule has 0 aromatic heterocycles. The molecule has 0 spiro atoms. The number of sulfonamides is 1. The standard InChI is InChI=1S/C21H24ClN3O4S/c1-14-5-4-10-25(13-14)30(28,29)19-11-16(8-9-17(19)22)21(27)24-18-7-3-2-6-15(18)12-20(23)26/h2-3,6-9,11,14H,4-5,10,12-13H2,1H3,(H2,23,26)(H,24,27). The van der Waals surface area contributed by atoms with E-state index in [1.54, 1.807) is 24.3 Å². The Bertz CT molecular complexity index is 1070. The third-order valence-electron chi connectivity index (χ3n) is 5.06. The zero-order chi connectivity index (χ0) is 21.9. The second kappa shape index (κ2) is 9.16. The van der Waals surface area contributed by atoms with E-state index in [-0.39, 0.29) is 27.8 Å². The summed E-state index contributed by atoms with van der Waals surface area (Å²) >= 11 is 6.19. The number of rotatable bonds is 6. The van der Waals surface area contributed by atoms with Crippen LogP contribution in [0.1, 0.15) is 35.7 Å². The lowest BCUT2D eigenvalue weighted by atomic mass is 10.0. The minimum absolute atomic E-state index is 0.0240. The predicted molar refractivity (Wildman–Crippen MR) is 116 cm³/mol. The maximum Gasteiger partial charge on any atom is 0.255 e. The molecule has 1 aliphatic heterocycles. The summed E-state index contributed by atoms with van der Waals surface area (Å²) in [4.78, 5) is 24.0. The third-order valence-corrected chi connectivity index (χ3v) is 7.41. The van der Waals surface area contributed by atoms with Gasteiger partial charge in [0.25, 0.3) is 5.91 Å². The van der Waals surface area contributed by atoms with Crippen LogP contribution in [-0.4, -0.2) is 37.6 Å². The van der Waals surface area contributed by atoms with E-state index in [0.717, 1.165) is 12.8 Å². The van der Waals surface area contributed by atoms with Gasteiger partial charge in [0.05, 0.1) is 11.4 Å². The van der Waals surface area contributed by atoms with Crippen molar-refractivity contribution < 1.29 is 18.0 Å². The van der Waals surface area contributed by atoms with Gasteiger partial charge in [0.1, 0.15) is 4.90 Å². The van der Waals surface area contributed by atoms with E-state index in [1.807, 2.05) is 6.92 Å². The summed E-state index contributed by atoms with van der Waals surface area (Å²) in [7, 11) is -3.82. The summed E-state index contributed by atoms with van der Waals surface area (Å²) in [5.74, 6) is -0.764. The van der Waals surface area contributed by atoms with Crippen molar-refractivity contribution in [1.29, 1.82) is 0 Å². The topological polar surface area (TPSA) is 110 Å². The summed E-state index contributed by atoms with van der Waals surface area (Å²) in [6.45, 7) is 2.87.